The van der Waals surface area contributed by atoms with Crippen LogP contribution in [-0.2, 0) is 0 Å². The van der Waals surface area contributed by atoms with Gasteiger partial charge in [-0.05, 0) is 32.1 Å². The summed E-state index contributed by atoms with van der Waals surface area (Å²) in [4.78, 5) is 7.40. The Morgan fingerprint density at radius 1 is 1.47 bits per heavy atom. The molecule has 0 saturated carbocycles. The van der Waals surface area contributed by atoms with Crippen LogP contribution in [0.1, 0.15) is 25.2 Å². The van der Waals surface area contributed by atoms with Crippen molar-refractivity contribution in [3.8, 4) is 0 Å². The number of rotatable bonds is 4. The Morgan fingerprint density at radius 3 is 2.67 bits per heavy atom. The van der Waals surface area contributed by atoms with Crippen molar-refractivity contribution < 1.29 is 0 Å². The van der Waals surface area contributed by atoms with E-state index in [2.05, 4.69) is 23.1 Å². The summed E-state index contributed by atoms with van der Waals surface area (Å²) in [7, 11) is 0. The van der Waals surface area contributed by atoms with Crippen LogP contribution in [0, 0.1) is 0 Å². The number of allylic oxidation sites excluding steroid dienone is 3. The lowest BCUT2D eigenvalue weighted by atomic mass is 10.2. The van der Waals surface area contributed by atoms with Gasteiger partial charge in [0.2, 0.25) is 0 Å². The van der Waals surface area contributed by atoms with Gasteiger partial charge in [-0.2, -0.15) is 0 Å². The zero-order valence-electron chi connectivity index (χ0n) is 9.25. The summed E-state index contributed by atoms with van der Waals surface area (Å²) in [5.41, 5.74) is 3.89. The van der Waals surface area contributed by atoms with E-state index in [1.54, 1.807) is 12.3 Å². The lowest BCUT2D eigenvalue weighted by molar-refractivity contribution is 1.32. The maximum Gasteiger partial charge on any atom is 0.0470 e. The fourth-order valence-electron chi connectivity index (χ4n) is 1.18. The second-order valence-electron chi connectivity index (χ2n) is 3.27. The molecule has 0 spiro atoms. The summed E-state index contributed by atoms with van der Waals surface area (Å²) in [6.07, 6.45) is 5.60. The quantitative estimate of drug-likeness (QED) is 0.718. The van der Waals surface area contributed by atoms with Gasteiger partial charge in [-0.1, -0.05) is 19.2 Å². The molecule has 0 bridgehead atoms. The average Bonchev–Trinajstić information content (AvgIpc) is 2.67. The molecule has 0 unspecified atom stereocenters. The minimum atomic E-state index is 0.796. The van der Waals surface area contributed by atoms with Crippen LogP contribution in [0.25, 0.3) is 11.6 Å². The van der Waals surface area contributed by atoms with Crippen LogP contribution in [-0.4, -0.2) is 11.2 Å². The van der Waals surface area contributed by atoms with E-state index < -0.39 is 0 Å². The van der Waals surface area contributed by atoms with E-state index in [4.69, 9.17) is 0 Å². The van der Waals surface area contributed by atoms with E-state index in [1.807, 2.05) is 32.1 Å². The second-order valence-corrected chi connectivity index (χ2v) is 3.27. The Labute approximate surface area is 90.8 Å². The summed E-state index contributed by atoms with van der Waals surface area (Å²) in [6.45, 7) is 11.3. The molecule has 0 fully saturated rings. The van der Waals surface area contributed by atoms with E-state index in [0.29, 0.717) is 0 Å². The summed E-state index contributed by atoms with van der Waals surface area (Å²) in [5, 5.41) is 0. The van der Waals surface area contributed by atoms with E-state index in [1.165, 1.54) is 0 Å². The molecule has 2 heteroatoms. The zero-order chi connectivity index (χ0) is 11.3. The van der Waals surface area contributed by atoms with Crippen LogP contribution < -0.4 is 0 Å². The zero-order valence-corrected chi connectivity index (χ0v) is 9.25. The molecule has 1 N–H and O–H groups in total. The van der Waals surface area contributed by atoms with Gasteiger partial charge in [0.1, 0.15) is 0 Å². The molecule has 0 amide bonds. The second kappa shape index (κ2) is 5.15. The Hall–Kier alpha value is -1.83. The number of hydrogen-bond acceptors (Lipinski definition) is 1. The summed E-state index contributed by atoms with van der Waals surface area (Å²) in [5.74, 6) is 0. The summed E-state index contributed by atoms with van der Waals surface area (Å²) >= 11 is 0. The highest BCUT2D eigenvalue weighted by Crippen LogP contribution is 2.13. The highest BCUT2D eigenvalue weighted by Gasteiger charge is 1.99. The number of nitrogens with zero attached hydrogens (tertiary/aromatic N) is 1. The highest BCUT2D eigenvalue weighted by atomic mass is 14.7. The third kappa shape index (κ3) is 3.09. The summed E-state index contributed by atoms with van der Waals surface area (Å²) in [6, 6.07) is 4.00. The molecule has 1 aromatic heterocycles. The maximum absolute atomic E-state index is 4.17. The van der Waals surface area contributed by atoms with Crippen LogP contribution in [0.3, 0.4) is 0 Å². The Kier molecular flexibility index (Phi) is 3.86. The molecular weight excluding hydrogens is 184 g/mol. The molecule has 2 nitrogen and oxygen atoms in total. The largest absolute Gasteiger partial charge is 0.355 e. The van der Waals surface area contributed by atoms with E-state index >= 15 is 0 Å². The van der Waals surface area contributed by atoms with Gasteiger partial charge in [-0.25, -0.2) is 0 Å². The molecule has 0 aliphatic rings. The predicted molar refractivity (Wildman–Crippen MR) is 67.8 cm³/mol. The number of H-pyrrole nitrogens is 1. The number of nitrogens with one attached hydrogen (secondary N) is 1. The van der Waals surface area contributed by atoms with Gasteiger partial charge >= 0.3 is 0 Å². The van der Waals surface area contributed by atoms with E-state index in [-0.39, 0.29) is 0 Å². The molecular formula is C13H16N2. The van der Waals surface area contributed by atoms with E-state index in [0.717, 1.165) is 22.7 Å². The lowest BCUT2D eigenvalue weighted by Crippen LogP contribution is -1.86. The molecule has 15 heavy (non-hydrogen) atoms. The van der Waals surface area contributed by atoms with Gasteiger partial charge in [-0.3, -0.25) is 4.99 Å². The predicted octanol–water partition coefficient (Wildman–Crippen LogP) is 3.67. The van der Waals surface area contributed by atoms with Crippen molar-refractivity contribution in [2.75, 3.05) is 0 Å². The monoisotopic (exact) mass is 200 g/mol. The van der Waals surface area contributed by atoms with Crippen LogP contribution >= 0.6 is 0 Å². The van der Waals surface area contributed by atoms with Gasteiger partial charge in [0.05, 0.1) is 0 Å². The first-order valence-electron chi connectivity index (χ1n) is 4.85. The first-order chi connectivity index (χ1) is 7.17. The normalized spacial score (nSPS) is 12.0. The van der Waals surface area contributed by atoms with Crippen LogP contribution in [0.5, 0.6) is 0 Å². The van der Waals surface area contributed by atoms with Crippen molar-refractivity contribution in [2.24, 2.45) is 4.99 Å². The lowest BCUT2D eigenvalue weighted by Gasteiger charge is -1.97. The molecule has 78 valence electrons. The van der Waals surface area contributed by atoms with E-state index in [9.17, 15) is 0 Å². The molecule has 1 rings (SSSR count). The third-order valence-corrected chi connectivity index (χ3v) is 1.97. The van der Waals surface area contributed by atoms with Crippen molar-refractivity contribution in [3.05, 3.63) is 48.5 Å². The van der Waals surface area contributed by atoms with Crippen LogP contribution in [0.2, 0.25) is 0 Å². The fourth-order valence-corrected chi connectivity index (χ4v) is 1.18. The molecule has 0 atom stereocenters. The van der Waals surface area contributed by atoms with Crippen LogP contribution in [0.15, 0.2) is 42.1 Å². The first kappa shape index (κ1) is 11.2. The molecule has 1 aromatic rings. The van der Waals surface area contributed by atoms with Gasteiger partial charge in [0.25, 0.3) is 0 Å². The van der Waals surface area contributed by atoms with Gasteiger partial charge in [-0.15, -0.1) is 0 Å². The SMILES string of the molecule is C=Cc1ccc(/C(C=NC(=C)C)=C/C)[nH]1. The third-order valence-electron chi connectivity index (χ3n) is 1.97. The van der Waals surface area contributed by atoms with Crippen molar-refractivity contribution in [3.63, 3.8) is 0 Å². The Morgan fingerprint density at radius 2 is 2.20 bits per heavy atom. The minimum Gasteiger partial charge on any atom is -0.355 e. The maximum atomic E-state index is 4.17. The average molecular weight is 200 g/mol. The molecule has 1 heterocycles. The standard InChI is InChI=1S/C13H16N2/c1-5-11(9-14-10(3)4)13-8-7-12(6-2)15-13/h5-9,15H,2-3H2,1,4H3/b11-5+,14-9?. The van der Waals surface area contributed by atoms with Gasteiger partial charge in [0.15, 0.2) is 0 Å². The number of aromatic nitrogens is 1. The summed E-state index contributed by atoms with van der Waals surface area (Å²) < 4.78 is 0. The molecule has 0 aliphatic heterocycles. The minimum absolute atomic E-state index is 0.796. The number of hydrogen-bond donors (Lipinski definition) is 1. The molecule has 0 saturated heterocycles. The number of aliphatic imine (C=N–C) groups is 1. The van der Waals surface area contributed by atoms with Gasteiger partial charge in [0, 0.05) is 28.9 Å². The highest BCUT2D eigenvalue weighted by molar-refractivity contribution is 6.09. The molecule has 0 radical (unpaired) electrons. The Balaban J connectivity index is 2.93. The number of aromatic amines is 1. The fraction of sp³-hybridized carbons (Fsp3) is 0.154. The van der Waals surface area contributed by atoms with Gasteiger partial charge < -0.3 is 4.98 Å². The van der Waals surface area contributed by atoms with Crippen molar-refractivity contribution >= 4 is 17.9 Å². The smallest absolute Gasteiger partial charge is 0.0470 e. The molecule has 0 aromatic carbocycles. The van der Waals surface area contributed by atoms with Crippen LogP contribution in [0.4, 0.5) is 0 Å². The molecule has 0 aliphatic carbocycles. The Bertz CT molecular complexity index is 419. The van der Waals surface area contributed by atoms with Crippen molar-refractivity contribution in [1.82, 2.24) is 4.98 Å². The first-order valence-corrected chi connectivity index (χ1v) is 4.85. The van der Waals surface area contributed by atoms with Crippen molar-refractivity contribution in [2.45, 2.75) is 13.8 Å². The topological polar surface area (TPSA) is 28.1 Å². The van der Waals surface area contributed by atoms with Crippen molar-refractivity contribution in [1.29, 1.82) is 0 Å².